The summed E-state index contributed by atoms with van der Waals surface area (Å²) in [7, 11) is 0. The minimum atomic E-state index is -2.41. The Bertz CT molecular complexity index is 346. The van der Waals surface area contributed by atoms with E-state index in [1.165, 1.54) is 0 Å². The van der Waals surface area contributed by atoms with Crippen molar-refractivity contribution in [3.05, 3.63) is 60.7 Å². The molecule has 0 saturated heterocycles. The van der Waals surface area contributed by atoms with Crippen molar-refractivity contribution in [1.82, 2.24) is 0 Å². The van der Waals surface area contributed by atoms with Crippen LogP contribution in [0.3, 0.4) is 0 Å². The first-order chi connectivity index (χ1) is 6.88. The molecule has 0 spiro atoms. The molecule has 2 aromatic carbocycles. The molecule has 0 heterocycles. The van der Waals surface area contributed by atoms with Gasteiger partial charge in [-0.05, 0) is 0 Å². The summed E-state index contributed by atoms with van der Waals surface area (Å²) in [6, 6.07) is 19.9. The molecule has 1 N–H and O–H groups in total. The monoisotopic (exact) mass is 246 g/mol. The molecule has 0 aliphatic rings. The molecular weight excluding hydrogens is 233 g/mol. The van der Waals surface area contributed by atoms with Crippen molar-refractivity contribution < 1.29 is 4.13 Å². The van der Waals surface area contributed by atoms with E-state index < -0.39 is 14.7 Å². The van der Waals surface area contributed by atoms with Crippen LogP contribution in [0.5, 0.6) is 0 Å². The van der Waals surface area contributed by atoms with Gasteiger partial charge in [-0.25, -0.2) is 0 Å². The fourth-order valence-corrected chi connectivity index (χ4v) is 4.73. The van der Waals surface area contributed by atoms with Gasteiger partial charge in [0.25, 0.3) is 0 Å². The van der Waals surface area contributed by atoms with Gasteiger partial charge in [0.1, 0.15) is 0 Å². The van der Waals surface area contributed by atoms with E-state index in [0.717, 1.165) is 8.79 Å². The molecule has 0 amide bonds. The summed E-state index contributed by atoms with van der Waals surface area (Å²) in [6.07, 6.45) is 0. The predicted molar refractivity (Wildman–Crippen MR) is 61.5 cm³/mol. The molecule has 0 aromatic heterocycles. The molecule has 70 valence electrons. The Morgan fingerprint density at radius 2 is 1.00 bits per heavy atom. The van der Waals surface area contributed by atoms with Crippen LogP contribution < -0.4 is 8.79 Å². The van der Waals surface area contributed by atoms with Gasteiger partial charge in [0.15, 0.2) is 0 Å². The molecule has 0 saturated carbocycles. The van der Waals surface area contributed by atoms with Crippen LogP contribution in [0.4, 0.5) is 0 Å². The van der Waals surface area contributed by atoms with E-state index in [2.05, 4.69) is 0 Å². The van der Waals surface area contributed by atoms with Gasteiger partial charge >= 0.3 is 88.3 Å². The van der Waals surface area contributed by atoms with E-state index in [0.29, 0.717) is 0 Å². The van der Waals surface area contributed by atoms with Crippen LogP contribution in [0.15, 0.2) is 60.7 Å². The average molecular weight is 245 g/mol. The normalized spacial score (nSPS) is 10.4. The fourth-order valence-electron chi connectivity index (χ4n) is 1.46. The van der Waals surface area contributed by atoms with E-state index in [-0.39, 0.29) is 0 Å². The second kappa shape index (κ2) is 4.44. The number of hydrogen-bond acceptors (Lipinski definition) is 1. The second-order valence-corrected chi connectivity index (χ2v) is 7.71. The van der Waals surface area contributed by atoms with Crippen LogP contribution in [0.2, 0.25) is 0 Å². The first-order valence-electron chi connectivity index (χ1n) is 4.66. The van der Waals surface area contributed by atoms with Gasteiger partial charge in [-0.2, -0.15) is 0 Å². The van der Waals surface area contributed by atoms with Crippen LogP contribution in [-0.4, -0.2) is 18.8 Å². The summed E-state index contributed by atoms with van der Waals surface area (Å²) in [5.41, 5.74) is 0. The van der Waals surface area contributed by atoms with Gasteiger partial charge in [-0.3, -0.25) is 0 Å². The first-order valence-corrected chi connectivity index (χ1v) is 8.16. The number of rotatable bonds is 2. The minimum absolute atomic E-state index is 1.12. The zero-order chi connectivity index (χ0) is 9.80. The Morgan fingerprint density at radius 3 is 1.36 bits per heavy atom. The van der Waals surface area contributed by atoms with Gasteiger partial charge in [0.05, 0.1) is 0 Å². The second-order valence-electron chi connectivity index (χ2n) is 3.22. The fraction of sp³-hybridized carbons (Fsp3) is 0. The van der Waals surface area contributed by atoms with Crippen LogP contribution in [0, 0.1) is 0 Å². The van der Waals surface area contributed by atoms with Crippen molar-refractivity contribution in [2.75, 3.05) is 0 Å². The zero-order valence-electron chi connectivity index (χ0n) is 7.80. The van der Waals surface area contributed by atoms with Crippen LogP contribution in [-0.2, 0) is 0 Å². The predicted octanol–water partition coefficient (Wildman–Crippen LogP) is 0.517. The molecule has 2 heteroatoms. The van der Waals surface area contributed by atoms with Gasteiger partial charge in [-0.15, -0.1) is 0 Å². The standard InChI is InChI=1S/C12H12GeO/c14-13(11-7-3-1-4-8-11)12-9-5-2-6-10-12/h1-10,13-14H. The Kier molecular flexibility index (Phi) is 3.01. The van der Waals surface area contributed by atoms with Crippen molar-refractivity contribution in [2.24, 2.45) is 0 Å². The van der Waals surface area contributed by atoms with Gasteiger partial charge < -0.3 is 0 Å². The van der Waals surface area contributed by atoms with Crippen molar-refractivity contribution in [3.8, 4) is 0 Å². The molecule has 2 rings (SSSR count). The van der Waals surface area contributed by atoms with Crippen molar-refractivity contribution in [3.63, 3.8) is 0 Å². The molecule has 0 radical (unpaired) electrons. The number of hydrogen-bond donors (Lipinski definition) is 1. The van der Waals surface area contributed by atoms with E-state index >= 15 is 0 Å². The van der Waals surface area contributed by atoms with Gasteiger partial charge in [-0.1, -0.05) is 0 Å². The summed E-state index contributed by atoms with van der Waals surface area (Å²) in [5, 5.41) is 0. The molecule has 1 nitrogen and oxygen atoms in total. The van der Waals surface area contributed by atoms with Gasteiger partial charge in [0, 0.05) is 0 Å². The van der Waals surface area contributed by atoms with Crippen LogP contribution in [0.1, 0.15) is 0 Å². The molecule has 0 aliphatic heterocycles. The molecule has 0 atom stereocenters. The summed E-state index contributed by atoms with van der Waals surface area (Å²) >= 11 is -2.41. The Hall–Kier alpha value is -1.06. The van der Waals surface area contributed by atoms with Crippen molar-refractivity contribution in [1.29, 1.82) is 0 Å². The maximum atomic E-state index is 10.2. The zero-order valence-corrected chi connectivity index (χ0v) is 10.2. The summed E-state index contributed by atoms with van der Waals surface area (Å²) < 4.78 is 12.4. The van der Waals surface area contributed by atoms with Crippen molar-refractivity contribution in [2.45, 2.75) is 0 Å². The van der Waals surface area contributed by atoms with Crippen LogP contribution >= 0.6 is 0 Å². The third-order valence-electron chi connectivity index (χ3n) is 2.23. The Labute approximate surface area is 88.5 Å². The van der Waals surface area contributed by atoms with E-state index in [1.807, 2.05) is 60.7 Å². The SMILES string of the molecule is [OH][GeH]([c]1ccccc1)[c]1ccccc1. The summed E-state index contributed by atoms with van der Waals surface area (Å²) in [4.78, 5) is 0. The van der Waals surface area contributed by atoms with Crippen LogP contribution in [0.25, 0.3) is 0 Å². The van der Waals surface area contributed by atoms with E-state index in [1.54, 1.807) is 0 Å². The third kappa shape index (κ3) is 2.06. The Morgan fingerprint density at radius 1 is 0.643 bits per heavy atom. The first kappa shape index (κ1) is 9.50. The Balaban J connectivity index is 2.30. The maximum absolute atomic E-state index is 10.2. The molecule has 0 unspecified atom stereocenters. The van der Waals surface area contributed by atoms with Gasteiger partial charge in [0.2, 0.25) is 0 Å². The molecule has 2 aromatic rings. The van der Waals surface area contributed by atoms with Crippen molar-refractivity contribution >= 4 is 23.5 Å². The topological polar surface area (TPSA) is 20.2 Å². The number of benzene rings is 2. The van der Waals surface area contributed by atoms with E-state index in [4.69, 9.17) is 0 Å². The quantitative estimate of drug-likeness (QED) is 0.764. The molecule has 0 bridgehead atoms. The molecule has 14 heavy (non-hydrogen) atoms. The van der Waals surface area contributed by atoms with E-state index in [9.17, 15) is 4.13 Å². The molecule has 0 fully saturated rings. The molecule has 0 aliphatic carbocycles. The summed E-state index contributed by atoms with van der Waals surface area (Å²) in [6.45, 7) is 0. The average Bonchev–Trinajstić information content (AvgIpc) is 2.30. The third-order valence-corrected chi connectivity index (χ3v) is 6.50. The summed E-state index contributed by atoms with van der Waals surface area (Å²) in [5.74, 6) is 0. The molecular formula is C12H12GeO.